The molecule has 6 nitrogen and oxygen atoms in total. The van der Waals surface area contributed by atoms with Crippen molar-refractivity contribution in [2.24, 2.45) is 0 Å². The Bertz CT molecular complexity index is 890. The summed E-state index contributed by atoms with van der Waals surface area (Å²) in [5, 5.41) is 3.43. The van der Waals surface area contributed by atoms with Crippen molar-refractivity contribution in [3.05, 3.63) is 64.7 Å². The summed E-state index contributed by atoms with van der Waals surface area (Å²) in [5.41, 5.74) is 2.59. The van der Waals surface area contributed by atoms with Gasteiger partial charge in [-0.05, 0) is 48.9 Å². The maximum absolute atomic E-state index is 12.5. The molecule has 0 aliphatic carbocycles. The van der Waals surface area contributed by atoms with E-state index in [9.17, 15) is 9.59 Å². The van der Waals surface area contributed by atoms with Gasteiger partial charge in [0, 0.05) is 29.9 Å². The highest BCUT2D eigenvalue weighted by Crippen LogP contribution is 2.26. The number of halogens is 1. The summed E-state index contributed by atoms with van der Waals surface area (Å²) in [7, 11) is 0. The number of ether oxygens (including phenoxy) is 2. The van der Waals surface area contributed by atoms with Crippen LogP contribution in [0, 0.1) is 0 Å². The number of benzene rings is 2. The van der Waals surface area contributed by atoms with E-state index >= 15 is 0 Å². The Kier molecular flexibility index (Phi) is 7.27. The van der Waals surface area contributed by atoms with Crippen LogP contribution in [-0.2, 0) is 14.3 Å². The first-order valence-electron chi connectivity index (χ1n) is 9.45. The van der Waals surface area contributed by atoms with Crippen LogP contribution in [0.5, 0.6) is 0 Å². The van der Waals surface area contributed by atoms with Crippen LogP contribution in [-0.4, -0.2) is 44.8 Å². The lowest BCUT2D eigenvalue weighted by atomic mass is 10.1. The smallest absolute Gasteiger partial charge is 0.340 e. The number of hydrogen-bond acceptors (Lipinski definition) is 5. The molecule has 0 saturated carbocycles. The summed E-state index contributed by atoms with van der Waals surface area (Å²) in [5.74, 6) is -0.712. The number of nitrogens with zero attached hydrogens (tertiary/aromatic N) is 1. The molecule has 3 rings (SSSR count). The molecule has 1 saturated heterocycles. The number of anilines is 2. The molecule has 0 spiro atoms. The summed E-state index contributed by atoms with van der Waals surface area (Å²) >= 11 is 5.86. The Labute approximate surface area is 175 Å². The lowest BCUT2D eigenvalue weighted by molar-refractivity contribution is -0.111. The predicted octanol–water partition coefficient (Wildman–Crippen LogP) is 4.01. The van der Waals surface area contributed by atoms with Crippen LogP contribution in [0.2, 0.25) is 5.02 Å². The van der Waals surface area contributed by atoms with Crippen molar-refractivity contribution in [2.45, 2.75) is 6.92 Å². The molecule has 7 heteroatoms. The zero-order chi connectivity index (χ0) is 20.6. The highest BCUT2D eigenvalue weighted by molar-refractivity contribution is 6.30. The molecule has 1 aliphatic rings. The molecule has 1 heterocycles. The van der Waals surface area contributed by atoms with Crippen LogP contribution < -0.4 is 10.2 Å². The highest BCUT2D eigenvalue weighted by atomic mass is 35.5. The van der Waals surface area contributed by atoms with Crippen LogP contribution >= 0.6 is 11.6 Å². The van der Waals surface area contributed by atoms with Gasteiger partial charge in [0.25, 0.3) is 0 Å². The second kappa shape index (κ2) is 10.1. The van der Waals surface area contributed by atoms with E-state index in [4.69, 9.17) is 21.1 Å². The molecule has 0 unspecified atom stereocenters. The lowest BCUT2D eigenvalue weighted by Gasteiger charge is -2.30. The Morgan fingerprint density at radius 2 is 1.90 bits per heavy atom. The third-order valence-electron chi connectivity index (χ3n) is 4.41. The van der Waals surface area contributed by atoms with Crippen molar-refractivity contribution < 1.29 is 19.1 Å². The topological polar surface area (TPSA) is 67.9 Å². The van der Waals surface area contributed by atoms with Crippen molar-refractivity contribution in [1.29, 1.82) is 0 Å². The van der Waals surface area contributed by atoms with Crippen LogP contribution in [0.15, 0.2) is 48.5 Å². The van der Waals surface area contributed by atoms with E-state index in [1.807, 2.05) is 18.2 Å². The van der Waals surface area contributed by atoms with Crippen LogP contribution in [0.25, 0.3) is 6.08 Å². The van der Waals surface area contributed by atoms with E-state index in [-0.39, 0.29) is 12.5 Å². The molecule has 1 N–H and O–H groups in total. The monoisotopic (exact) mass is 414 g/mol. The lowest BCUT2D eigenvalue weighted by Crippen LogP contribution is -2.37. The van der Waals surface area contributed by atoms with Gasteiger partial charge in [-0.1, -0.05) is 23.7 Å². The fraction of sp³-hybridized carbons (Fsp3) is 0.273. The molecule has 2 aromatic rings. The minimum absolute atomic E-state index is 0.280. The minimum Gasteiger partial charge on any atom is -0.462 e. The van der Waals surface area contributed by atoms with E-state index in [1.54, 1.807) is 37.3 Å². The quantitative estimate of drug-likeness (QED) is 0.571. The van der Waals surface area contributed by atoms with Gasteiger partial charge in [-0.3, -0.25) is 4.79 Å². The van der Waals surface area contributed by atoms with Crippen LogP contribution in [0.1, 0.15) is 22.8 Å². The molecule has 2 aromatic carbocycles. The summed E-state index contributed by atoms with van der Waals surface area (Å²) in [4.78, 5) is 26.8. The van der Waals surface area contributed by atoms with Crippen molar-refractivity contribution in [1.82, 2.24) is 0 Å². The molecular weight excluding hydrogens is 392 g/mol. The van der Waals surface area contributed by atoms with Gasteiger partial charge in [0.2, 0.25) is 5.91 Å². The largest absolute Gasteiger partial charge is 0.462 e. The van der Waals surface area contributed by atoms with E-state index in [1.165, 1.54) is 6.08 Å². The molecule has 0 radical (unpaired) electrons. The summed E-state index contributed by atoms with van der Waals surface area (Å²) in [6.07, 6.45) is 3.13. The first-order chi connectivity index (χ1) is 14.1. The molecule has 1 fully saturated rings. The van der Waals surface area contributed by atoms with Gasteiger partial charge in [-0.25, -0.2) is 4.79 Å². The van der Waals surface area contributed by atoms with Crippen molar-refractivity contribution in [2.75, 3.05) is 43.1 Å². The number of carbonyl (C=O) groups excluding carboxylic acids is 2. The van der Waals surface area contributed by atoms with Gasteiger partial charge in [0.05, 0.1) is 31.1 Å². The third kappa shape index (κ3) is 5.82. The maximum atomic E-state index is 12.5. The average Bonchev–Trinajstić information content (AvgIpc) is 2.74. The number of carbonyl (C=O) groups is 2. The molecule has 0 atom stereocenters. The minimum atomic E-state index is -0.415. The predicted molar refractivity (Wildman–Crippen MR) is 115 cm³/mol. The number of morpholine rings is 1. The second-order valence-electron chi connectivity index (χ2n) is 6.43. The third-order valence-corrected chi connectivity index (χ3v) is 4.66. The van der Waals surface area contributed by atoms with E-state index in [0.717, 1.165) is 11.3 Å². The SMILES string of the molecule is CCOC(=O)c1cc(NC(=O)C=Cc2ccc(Cl)cc2)ccc1N1CCOCC1. The Balaban J connectivity index is 1.76. The number of amides is 1. The highest BCUT2D eigenvalue weighted by Gasteiger charge is 2.20. The summed E-state index contributed by atoms with van der Waals surface area (Å²) < 4.78 is 10.6. The van der Waals surface area contributed by atoms with Gasteiger partial charge in [-0.15, -0.1) is 0 Å². The van der Waals surface area contributed by atoms with E-state index in [0.29, 0.717) is 42.6 Å². The van der Waals surface area contributed by atoms with Gasteiger partial charge >= 0.3 is 5.97 Å². The standard InChI is InChI=1S/C22H23ClN2O4/c1-2-29-22(27)19-15-18(8-9-20(19)25-11-13-28-14-12-25)24-21(26)10-5-16-3-6-17(23)7-4-16/h3-10,15H,2,11-14H2,1H3,(H,24,26). The van der Waals surface area contributed by atoms with Crippen molar-refractivity contribution >= 4 is 40.9 Å². The molecule has 152 valence electrons. The summed E-state index contributed by atoms with van der Waals surface area (Å²) in [6, 6.07) is 12.4. The number of rotatable bonds is 6. The van der Waals surface area contributed by atoms with Gasteiger partial charge in [0.1, 0.15) is 0 Å². The van der Waals surface area contributed by atoms with Crippen LogP contribution in [0.3, 0.4) is 0 Å². The van der Waals surface area contributed by atoms with E-state index in [2.05, 4.69) is 10.2 Å². The zero-order valence-corrected chi connectivity index (χ0v) is 16.9. The van der Waals surface area contributed by atoms with Crippen LogP contribution in [0.4, 0.5) is 11.4 Å². The fourth-order valence-electron chi connectivity index (χ4n) is 3.00. The molecule has 29 heavy (non-hydrogen) atoms. The van der Waals surface area contributed by atoms with Gasteiger partial charge in [-0.2, -0.15) is 0 Å². The first kappa shape index (κ1) is 20.9. The van der Waals surface area contributed by atoms with Crippen molar-refractivity contribution in [3.63, 3.8) is 0 Å². The normalized spacial score (nSPS) is 14.1. The molecule has 1 amide bonds. The van der Waals surface area contributed by atoms with E-state index < -0.39 is 5.97 Å². The number of nitrogens with one attached hydrogen (secondary N) is 1. The maximum Gasteiger partial charge on any atom is 0.340 e. The zero-order valence-electron chi connectivity index (χ0n) is 16.2. The summed E-state index contributed by atoms with van der Waals surface area (Å²) in [6.45, 7) is 4.65. The Hall–Kier alpha value is -2.83. The average molecular weight is 415 g/mol. The van der Waals surface area contributed by atoms with Crippen molar-refractivity contribution in [3.8, 4) is 0 Å². The first-order valence-corrected chi connectivity index (χ1v) is 9.83. The number of hydrogen-bond donors (Lipinski definition) is 1. The fourth-order valence-corrected chi connectivity index (χ4v) is 3.12. The molecule has 0 aromatic heterocycles. The second-order valence-corrected chi connectivity index (χ2v) is 6.86. The number of esters is 1. The van der Waals surface area contributed by atoms with Gasteiger partial charge in [0.15, 0.2) is 0 Å². The molecule has 0 bridgehead atoms. The van der Waals surface area contributed by atoms with Gasteiger partial charge < -0.3 is 19.7 Å². The molecule has 1 aliphatic heterocycles. The molecular formula is C22H23ClN2O4. The Morgan fingerprint density at radius 3 is 2.59 bits per heavy atom. The Morgan fingerprint density at radius 1 is 1.17 bits per heavy atom.